The Bertz CT molecular complexity index is 1250. The van der Waals surface area contributed by atoms with Crippen molar-refractivity contribution in [1.29, 1.82) is 10.5 Å². The Morgan fingerprint density at radius 2 is 2.00 bits per heavy atom. The molecule has 0 atom stereocenters. The zero-order chi connectivity index (χ0) is 21.8. The second-order valence-corrected chi connectivity index (χ2v) is 9.86. The predicted octanol–water partition coefficient (Wildman–Crippen LogP) is 6.55. The van der Waals surface area contributed by atoms with Crippen LogP contribution < -0.4 is 5.32 Å². The van der Waals surface area contributed by atoms with Crippen LogP contribution in [-0.4, -0.2) is 5.91 Å². The second kappa shape index (κ2) is 9.57. The van der Waals surface area contributed by atoms with E-state index in [2.05, 4.69) is 27.3 Å². The van der Waals surface area contributed by atoms with Crippen molar-refractivity contribution in [3.8, 4) is 12.1 Å². The van der Waals surface area contributed by atoms with E-state index in [-0.39, 0.29) is 5.57 Å². The van der Waals surface area contributed by atoms with Gasteiger partial charge in [0.25, 0.3) is 5.91 Å². The highest BCUT2D eigenvalue weighted by Gasteiger charge is 2.23. The molecule has 0 bridgehead atoms. The maximum absolute atomic E-state index is 12.7. The summed E-state index contributed by atoms with van der Waals surface area (Å²) >= 11 is 6.34. The highest BCUT2D eigenvalue weighted by atomic mass is 79.9. The molecule has 5 nitrogen and oxygen atoms in total. The van der Waals surface area contributed by atoms with Crippen LogP contribution in [0.4, 0.5) is 5.00 Å². The SMILES string of the molecule is N#CC(=Cc1cc(Br)c(Sc2ccccc2)o1)C(=O)Nc1sc2c(c1C#N)CCCC2. The minimum absolute atomic E-state index is 0.0900. The van der Waals surface area contributed by atoms with Gasteiger partial charge in [0, 0.05) is 15.8 Å². The molecule has 1 aliphatic carbocycles. The molecule has 3 aromatic rings. The maximum atomic E-state index is 12.7. The number of benzene rings is 1. The van der Waals surface area contributed by atoms with Crippen LogP contribution in [0.1, 0.15) is 34.6 Å². The molecule has 154 valence electrons. The lowest BCUT2D eigenvalue weighted by Crippen LogP contribution is -2.13. The summed E-state index contributed by atoms with van der Waals surface area (Å²) < 4.78 is 6.56. The van der Waals surface area contributed by atoms with Gasteiger partial charge in [0.1, 0.15) is 28.5 Å². The van der Waals surface area contributed by atoms with Crippen LogP contribution in [0.2, 0.25) is 0 Å². The number of aryl methyl sites for hydroxylation is 1. The Balaban J connectivity index is 1.55. The Morgan fingerprint density at radius 1 is 1.23 bits per heavy atom. The van der Waals surface area contributed by atoms with E-state index in [1.165, 1.54) is 29.2 Å². The first-order valence-electron chi connectivity index (χ1n) is 9.59. The average Bonchev–Trinajstić information content (AvgIpc) is 3.31. The molecule has 2 aromatic heterocycles. The number of furan rings is 1. The topological polar surface area (TPSA) is 89.8 Å². The average molecular weight is 510 g/mol. The first kappa shape index (κ1) is 21.5. The van der Waals surface area contributed by atoms with E-state index in [1.807, 2.05) is 36.4 Å². The van der Waals surface area contributed by atoms with Crippen LogP contribution in [0.15, 0.2) is 60.8 Å². The summed E-state index contributed by atoms with van der Waals surface area (Å²) in [4.78, 5) is 14.9. The number of hydrogen-bond acceptors (Lipinski definition) is 6. The molecule has 0 radical (unpaired) electrons. The maximum Gasteiger partial charge on any atom is 0.267 e. The molecule has 0 saturated carbocycles. The molecule has 1 amide bonds. The van der Waals surface area contributed by atoms with Gasteiger partial charge >= 0.3 is 0 Å². The molecule has 31 heavy (non-hydrogen) atoms. The van der Waals surface area contributed by atoms with E-state index in [9.17, 15) is 15.3 Å². The molecule has 1 N–H and O–H groups in total. The predicted molar refractivity (Wildman–Crippen MR) is 125 cm³/mol. The number of anilines is 1. The van der Waals surface area contributed by atoms with E-state index in [0.717, 1.165) is 45.5 Å². The third-order valence-corrected chi connectivity index (χ3v) is 7.85. The van der Waals surface area contributed by atoms with Gasteiger partial charge in [-0.05, 0) is 65.4 Å². The van der Waals surface area contributed by atoms with Crippen LogP contribution in [0.3, 0.4) is 0 Å². The Labute approximate surface area is 196 Å². The number of fused-ring (bicyclic) bond motifs is 1. The van der Waals surface area contributed by atoms with Crippen molar-refractivity contribution in [2.24, 2.45) is 0 Å². The van der Waals surface area contributed by atoms with Crippen molar-refractivity contribution >= 4 is 56.0 Å². The lowest BCUT2D eigenvalue weighted by Gasteiger charge is -2.09. The van der Waals surface area contributed by atoms with E-state index in [1.54, 1.807) is 6.07 Å². The van der Waals surface area contributed by atoms with E-state index >= 15 is 0 Å². The number of nitriles is 2. The monoisotopic (exact) mass is 509 g/mol. The van der Waals surface area contributed by atoms with Crippen molar-refractivity contribution in [2.45, 2.75) is 35.7 Å². The van der Waals surface area contributed by atoms with Gasteiger partial charge in [-0.15, -0.1) is 11.3 Å². The molecule has 4 rings (SSSR count). The molecular formula is C23H16BrN3O2S2. The van der Waals surface area contributed by atoms with Gasteiger partial charge in [0.05, 0.1) is 10.0 Å². The molecular weight excluding hydrogens is 494 g/mol. The zero-order valence-corrected chi connectivity index (χ0v) is 19.5. The first-order chi connectivity index (χ1) is 15.1. The number of nitrogens with one attached hydrogen (secondary N) is 1. The fraction of sp³-hybridized carbons (Fsp3) is 0.174. The van der Waals surface area contributed by atoms with E-state index < -0.39 is 5.91 Å². The summed E-state index contributed by atoms with van der Waals surface area (Å²) in [5, 5.41) is 23.0. The molecule has 0 spiro atoms. The molecule has 0 saturated heterocycles. The third kappa shape index (κ3) is 4.77. The number of halogens is 1. The lowest BCUT2D eigenvalue weighted by atomic mass is 9.96. The van der Waals surface area contributed by atoms with Crippen molar-refractivity contribution in [1.82, 2.24) is 0 Å². The fourth-order valence-corrected chi connectivity index (χ4v) is 5.92. The summed E-state index contributed by atoms with van der Waals surface area (Å²) in [7, 11) is 0. The van der Waals surface area contributed by atoms with E-state index in [0.29, 0.717) is 21.4 Å². The standard InChI is InChI=1S/C23H16BrN3O2S2/c24-19-11-15(29-23(19)30-16-6-2-1-3-7-16)10-14(12-25)21(28)27-22-18(13-26)17-8-4-5-9-20(17)31-22/h1-3,6-7,10-11H,4-5,8-9H2,(H,27,28). The van der Waals surface area contributed by atoms with E-state index in [4.69, 9.17) is 4.42 Å². The zero-order valence-electron chi connectivity index (χ0n) is 16.3. The van der Waals surface area contributed by atoms with Crippen LogP contribution in [0, 0.1) is 22.7 Å². The Morgan fingerprint density at radius 3 is 2.74 bits per heavy atom. The number of carbonyl (C=O) groups excluding carboxylic acids is 1. The summed E-state index contributed by atoms with van der Waals surface area (Å²) in [6.07, 6.45) is 5.33. The second-order valence-electron chi connectivity index (χ2n) is 6.85. The van der Waals surface area contributed by atoms with Crippen LogP contribution in [0.25, 0.3) is 6.08 Å². The number of carbonyl (C=O) groups is 1. The van der Waals surface area contributed by atoms with Gasteiger partial charge in [-0.3, -0.25) is 4.79 Å². The normalized spacial score (nSPS) is 13.2. The summed E-state index contributed by atoms with van der Waals surface area (Å²) in [5.74, 6) is -0.162. The first-order valence-corrected chi connectivity index (χ1v) is 12.0. The lowest BCUT2D eigenvalue weighted by molar-refractivity contribution is -0.112. The van der Waals surface area contributed by atoms with Gasteiger partial charge in [-0.25, -0.2) is 0 Å². The summed E-state index contributed by atoms with van der Waals surface area (Å²) in [6.45, 7) is 0. The summed E-state index contributed by atoms with van der Waals surface area (Å²) in [5.41, 5.74) is 1.47. The van der Waals surface area contributed by atoms with Crippen molar-refractivity contribution in [3.63, 3.8) is 0 Å². The molecule has 1 aliphatic rings. The number of amides is 1. The highest BCUT2D eigenvalue weighted by Crippen LogP contribution is 2.38. The molecule has 0 unspecified atom stereocenters. The van der Waals surface area contributed by atoms with Crippen LogP contribution in [0.5, 0.6) is 0 Å². The number of hydrogen-bond donors (Lipinski definition) is 1. The molecule has 1 aromatic carbocycles. The van der Waals surface area contributed by atoms with Crippen LogP contribution in [-0.2, 0) is 17.6 Å². The van der Waals surface area contributed by atoms with Crippen molar-refractivity contribution in [2.75, 3.05) is 5.32 Å². The summed E-state index contributed by atoms with van der Waals surface area (Å²) in [6, 6.07) is 15.6. The minimum atomic E-state index is -0.553. The Kier molecular flexibility index (Phi) is 6.62. The smallest absolute Gasteiger partial charge is 0.267 e. The largest absolute Gasteiger partial charge is 0.449 e. The highest BCUT2D eigenvalue weighted by molar-refractivity contribution is 9.10. The van der Waals surface area contributed by atoms with Gasteiger partial charge in [-0.2, -0.15) is 10.5 Å². The number of nitrogens with zero attached hydrogens (tertiary/aromatic N) is 2. The number of thiophene rings is 1. The van der Waals surface area contributed by atoms with Gasteiger partial charge in [0.2, 0.25) is 0 Å². The van der Waals surface area contributed by atoms with Gasteiger partial charge < -0.3 is 9.73 Å². The number of rotatable bonds is 5. The fourth-order valence-electron chi connectivity index (χ4n) is 3.34. The van der Waals surface area contributed by atoms with Crippen molar-refractivity contribution < 1.29 is 9.21 Å². The molecule has 0 fully saturated rings. The van der Waals surface area contributed by atoms with Gasteiger partial charge in [-0.1, -0.05) is 30.0 Å². The van der Waals surface area contributed by atoms with Crippen LogP contribution >= 0.6 is 39.0 Å². The quantitative estimate of drug-likeness (QED) is 0.311. The Hall–Kier alpha value is -2.78. The molecule has 8 heteroatoms. The minimum Gasteiger partial charge on any atom is -0.449 e. The molecule has 2 heterocycles. The van der Waals surface area contributed by atoms with Gasteiger partial charge in [0.15, 0.2) is 5.09 Å². The third-order valence-electron chi connectivity index (χ3n) is 4.79. The molecule has 0 aliphatic heterocycles. The van der Waals surface area contributed by atoms with Crippen molar-refractivity contribution in [3.05, 3.63) is 68.2 Å².